The molecule has 4 rings (SSSR count). The molecule has 0 fully saturated rings. The number of nitrogens with zero attached hydrogens (tertiary/aromatic N) is 2. The van der Waals surface area contributed by atoms with E-state index in [-0.39, 0.29) is 23.2 Å². The average molecular weight is 507 g/mol. The lowest BCUT2D eigenvalue weighted by molar-refractivity contribution is -0.159. The van der Waals surface area contributed by atoms with E-state index < -0.39 is 18.4 Å². The summed E-state index contributed by atoms with van der Waals surface area (Å²) in [4.78, 5) is 25.7. The Morgan fingerprint density at radius 2 is 1.94 bits per heavy atom. The highest BCUT2D eigenvalue weighted by molar-refractivity contribution is 5.66. The summed E-state index contributed by atoms with van der Waals surface area (Å²) in [6.07, 6.45) is 7.09. The van der Waals surface area contributed by atoms with E-state index in [0.717, 1.165) is 36.8 Å². The first kappa shape index (κ1) is 28.8. The van der Waals surface area contributed by atoms with Crippen LogP contribution >= 0.6 is 0 Å². The van der Waals surface area contributed by atoms with E-state index in [1.54, 1.807) is 32.2 Å². The van der Waals surface area contributed by atoms with Crippen molar-refractivity contribution in [2.45, 2.75) is 71.8 Å². The highest BCUT2D eigenvalue weighted by Gasteiger charge is 2.43. The largest absolute Gasteiger partial charge is 0.483 e. The fraction of sp³-hybridized carbons (Fsp3) is 0.423. The number of alkyl halides is 3. The Bertz CT molecular complexity index is 1200. The molecule has 0 saturated heterocycles. The van der Waals surface area contributed by atoms with Gasteiger partial charge in [0.2, 0.25) is 0 Å². The fourth-order valence-corrected chi connectivity index (χ4v) is 4.10. The minimum atomic E-state index is -4.59. The molecule has 36 heavy (non-hydrogen) atoms. The standard InChI is InChI=1S/C23H25F3N4O.C2H6.CH2O2/c1-14-11-17(20(23(24,25)26)29-21-15(2)7-6-10-27-21)22-28-18(12-19(31)30(22)13-14)16-8-4-3-5-9-16;1-2;2-1-3/h6-8,10-13,20-21,27,29H,3-5,9H2,1-2H3;1-2H3;1H,(H,2,3). The first-order chi connectivity index (χ1) is 17.2. The molecule has 2 atom stereocenters. The maximum absolute atomic E-state index is 14.2. The summed E-state index contributed by atoms with van der Waals surface area (Å²) in [5.74, 6) is 0. The molecular weight excluding hydrogens is 473 g/mol. The van der Waals surface area contributed by atoms with Crippen molar-refractivity contribution >= 4 is 17.7 Å². The Morgan fingerprint density at radius 3 is 2.53 bits per heavy atom. The number of dihydropyridines is 1. The molecular formula is C26H33F3N4O3. The second-order valence-electron chi connectivity index (χ2n) is 8.24. The maximum atomic E-state index is 14.2. The van der Waals surface area contributed by atoms with Gasteiger partial charge < -0.3 is 10.4 Å². The molecule has 3 N–H and O–H groups in total. The summed E-state index contributed by atoms with van der Waals surface area (Å²) < 4.78 is 44.0. The van der Waals surface area contributed by atoms with Crippen LogP contribution in [0.15, 0.2) is 53.1 Å². The van der Waals surface area contributed by atoms with Gasteiger partial charge in [-0.3, -0.25) is 19.3 Å². The van der Waals surface area contributed by atoms with Gasteiger partial charge in [0.05, 0.1) is 11.9 Å². The number of aromatic nitrogens is 2. The van der Waals surface area contributed by atoms with E-state index in [1.807, 2.05) is 19.9 Å². The Hall–Kier alpha value is -3.40. The van der Waals surface area contributed by atoms with E-state index >= 15 is 0 Å². The van der Waals surface area contributed by atoms with Crippen LogP contribution in [0.25, 0.3) is 11.2 Å². The van der Waals surface area contributed by atoms with Gasteiger partial charge in [-0.1, -0.05) is 26.0 Å². The van der Waals surface area contributed by atoms with Crippen molar-refractivity contribution in [2.75, 3.05) is 0 Å². The Morgan fingerprint density at radius 1 is 1.25 bits per heavy atom. The second kappa shape index (κ2) is 13.1. The van der Waals surface area contributed by atoms with Crippen molar-refractivity contribution in [1.82, 2.24) is 20.0 Å². The van der Waals surface area contributed by atoms with Crippen molar-refractivity contribution in [2.24, 2.45) is 0 Å². The van der Waals surface area contributed by atoms with Crippen LogP contribution in [0.3, 0.4) is 0 Å². The summed E-state index contributed by atoms with van der Waals surface area (Å²) >= 11 is 0. The summed E-state index contributed by atoms with van der Waals surface area (Å²) in [5.41, 5.74) is 2.25. The molecule has 2 aromatic heterocycles. The number of allylic oxidation sites excluding steroid dienone is 4. The molecule has 3 heterocycles. The Labute approximate surface area is 208 Å². The van der Waals surface area contributed by atoms with Crippen LogP contribution in [-0.4, -0.2) is 33.3 Å². The minimum Gasteiger partial charge on any atom is -0.483 e. The van der Waals surface area contributed by atoms with Gasteiger partial charge >= 0.3 is 6.18 Å². The number of hydrogen-bond donors (Lipinski definition) is 3. The highest BCUT2D eigenvalue weighted by atomic mass is 19.4. The van der Waals surface area contributed by atoms with Crippen LogP contribution in [0.5, 0.6) is 0 Å². The summed E-state index contributed by atoms with van der Waals surface area (Å²) in [5, 5.41) is 12.5. The van der Waals surface area contributed by atoms with Crippen LogP contribution in [-0.2, 0) is 4.79 Å². The zero-order valence-electron chi connectivity index (χ0n) is 20.9. The molecule has 7 nitrogen and oxygen atoms in total. The number of carboxylic acid groups (broad SMARTS) is 1. The lowest BCUT2D eigenvalue weighted by atomic mass is 9.97. The number of fused-ring (bicyclic) bond motifs is 1. The van der Waals surface area contributed by atoms with Gasteiger partial charge in [0, 0.05) is 17.8 Å². The summed E-state index contributed by atoms with van der Waals surface area (Å²) in [6, 6.07) is 0.880. The highest BCUT2D eigenvalue weighted by Crippen LogP contribution is 2.36. The van der Waals surface area contributed by atoms with Crippen molar-refractivity contribution in [1.29, 1.82) is 0 Å². The summed E-state index contributed by atoms with van der Waals surface area (Å²) in [6.45, 7) is 7.18. The number of carbonyl (C=O) groups is 1. The molecule has 0 aromatic carbocycles. The van der Waals surface area contributed by atoms with Crippen LogP contribution in [0.2, 0.25) is 0 Å². The van der Waals surface area contributed by atoms with Gasteiger partial charge in [0.1, 0.15) is 11.7 Å². The fourth-order valence-electron chi connectivity index (χ4n) is 4.10. The van der Waals surface area contributed by atoms with Gasteiger partial charge in [0.15, 0.2) is 0 Å². The SMILES string of the molecule is CC.CC1=CC=CNC1NC(c1cc(C)cn2c(=O)cc(C3=CCCCC3)nc12)C(F)(F)F.O=CO. The predicted octanol–water partition coefficient (Wildman–Crippen LogP) is 5.27. The van der Waals surface area contributed by atoms with Crippen molar-refractivity contribution in [3.05, 3.63) is 75.5 Å². The van der Waals surface area contributed by atoms with E-state index in [1.165, 1.54) is 22.7 Å². The number of rotatable bonds is 4. The van der Waals surface area contributed by atoms with Crippen molar-refractivity contribution < 1.29 is 23.1 Å². The van der Waals surface area contributed by atoms with E-state index in [2.05, 4.69) is 15.6 Å². The zero-order chi connectivity index (χ0) is 26.9. The van der Waals surface area contributed by atoms with E-state index in [9.17, 15) is 18.0 Å². The van der Waals surface area contributed by atoms with E-state index in [0.29, 0.717) is 11.3 Å². The predicted molar refractivity (Wildman–Crippen MR) is 134 cm³/mol. The van der Waals surface area contributed by atoms with Gasteiger partial charge in [-0.25, -0.2) is 4.98 Å². The smallest absolute Gasteiger partial charge is 0.408 e. The third-order valence-electron chi connectivity index (χ3n) is 5.69. The first-order valence-electron chi connectivity index (χ1n) is 11.9. The normalized spacial score (nSPS) is 17.9. The quantitative estimate of drug-likeness (QED) is 0.489. The van der Waals surface area contributed by atoms with Crippen LogP contribution in [0.4, 0.5) is 13.2 Å². The molecule has 0 spiro atoms. The van der Waals surface area contributed by atoms with Gasteiger partial charge in [-0.15, -0.1) is 0 Å². The Balaban J connectivity index is 0.000000850. The van der Waals surface area contributed by atoms with Crippen molar-refractivity contribution in [3.63, 3.8) is 0 Å². The lowest BCUT2D eigenvalue weighted by Gasteiger charge is -2.30. The van der Waals surface area contributed by atoms with Gasteiger partial charge in [-0.05, 0) is 74.6 Å². The van der Waals surface area contributed by atoms with Crippen molar-refractivity contribution in [3.8, 4) is 0 Å². The van der Waals surface area contributed by atoms with E-state index in [4.69, 9.17) is 9.90 Å². The molecule has 196 valence electrons. The monoisotopic (exact) mass is 506 g/mol. The number of pyridine rings is 1. The number of nitrogens with one attached hydrogen (secondary N) is 2. The van der Waals surface area contributed by atoms with Crippen LogP contribution in [0, 0.1) is 6.92 Å². The Kier molecular flexibility index (Phi) is 10.5. The van der Waals surface area contributed by atoms with Crippen LogP contribution in [0.1, 0.15) is 69.3 Å². The van der Waals surface area contributed by atoms with Crippen LogP contribution < -0.4 is 16.2 Å². The molecule has 0 amide bonds. The third kappa shape index (κ3) is 7.07. The number of aryl methyl sites for hydroxylation is 1. The maximum Gasteiger partial charge on any atom is 0.408 e. The van der Waals surface area contributed by atoms with Gasteiger partial charge in [-0.2, -0.15) is 13.2 Å². The number of halogens is 3. The molecule has 2 aromatic rings. The van der Waals surface area contributed by atoms with Gasteiger partial charge in [0.25, 0.3) is 12.0 Å². The minimum absolute atomic E-state index is 0.0300. The molecule has 1 aliphatic heterocycles. The second-order valence-corrected chi connectivity index (χ2v) is 8.24. The molecule has 0 radical (unpaired) electrons. The lowest BCUT2D eigenvalue weighted by Crippen LogP contribution is -2.48. The first-order valence-corrected chi connectivity index (χ1v) is 11.9. The third-order valence-corrected chi connectivity index (χ3v) is 5.69. The molecule has 0 saturated carbocycles. The molecule has 10 heteroatoms. The average Bonchev–Trinajstić information content (AvgIpc) is 2.85. The molecule has 2 unspecified atom stereocenters. The molecule has 0 bridgehead atoms. The summed E-state index contributed by atoms with van der Waals surface area (Å²) in [7, 11) is 0. The molecule has 2 aliphatic rings. The molecule has 1 aliphatic carbocycles. The number of hydrogen-bond acceptors (Lipinski definition) is 5. The zero-order valence-corrected chi connectivity index (χ0v) is 20.9. The topological polar surface area (TPSA) is 95.7 Å².